The lowest BCUT2D eigenvalue weighted by atomic mass is 10.1. The van der Waals surface area contributed by atoms with E-state index in [9.17, 15) is 5.11 Å². The second-order valence-electron chi connectivity index (χ2n) is 7.93. The molecule has 0 aliphatic carbocycles. The van der Waals surface area contributed by atoms with Crippen LogP contribution >= 0.6 is 0 Å². The number of piperidine rings is 1. The molecule has 2 aromatic carbocycles. The Bertz CT molecular complexity index is 598. The van der Waals surface area contributed by atoms with Crippen molar-refractivity contribution in [1.29, 1.82) is 0 Å². The topological polar surface area (TPSA) is 20.2 Å². The zero-order valence-corrected chi connectivity index (χ0v) is 16.5. The van der Waals surface area contributed by atoms with Gasteiger partial charge in [0.2, 0.25) is 0 Å². The van der Waals surface area contributed by atoms with E-state index in [2.05, 4.69) is 67.7 Å². The number of benzene rings is 2. The maximum atomic E-state index is 10.5. The van der Waals surface area contributed by atoms with Crippen molar-refractivity contribution in [3.63, 3.8) is 0 Å². The maximum absolute atomic E-state index is 10.5. The second kappa shape index (κ2) is 8.30. The Kier molecular flexibility index (Phi) is 6.10. The Labute approximate surface area is 153 Å². The Balaban J connectivity index is 1.82. The quantitative estimate of drug-likeness (QED) is 0.599. The van der Waals surface area contributed by atoms with E-state index in [1.54, 1.807) is 0 Å². The van der Waals surface area contributed by atoms with Crippen LogP contribution in [-0.4, -0.2) is 50.6 Å². The lowest BCUT2D eigenvalue weighted by Crippen LogP contribution is -2.62. The number of hydrogen-bond donors (Lipinski definition) is 1. The van der Waals surface area contributed by atoms with Crippen LogP contribution in [0.4, 0.5) is 0 Å². The predicted molar refractivity (Wildman–Crippen MR) is 109 cm³/mol. The molecule has 0 bridgehead atoms. The second-order valence-corrected chi connectivity index (χ2v) is 12.1. The highest BCUT2D eigenvalue weighted by molar-refractivity contribution is 7.02. The lowest BCUT2D eigenvalue weighted by molar-refractivity contribution is -0.914. The molecular weight excluding hydrogens is 322 g/mol. The summed E-state index contributed by atoms with van der Waals surface area (Å²) in [4.78, 5) is 0. The van der Waals surface area contributed by atoms with Crippen LogP contribution in [0.25, 0.3) is 0 Å². The number of quaternary nitrogens is 1. The molecule has 1 fully saturated rings. The summed E-state index contributed by atoms with van der Waals surface area (Å²) in [5.74, 6) is 0. The molecule has 0 spiro atoms. The van der Waals surface area contributed by atoms with E-state index < -0.39 is 8.07 Å². The maximum Gasteiger partial charge on any atom is 0.144 e. The molecule has 0 atom stereocenters. The third kappa shape index (κ3) is 4.22. The third-order valence-corrected chi connectivity index (χ3v) is 10.7. The summed E-state index contributed by atoms with van der Waals surface area (Å²) >= 11 is 0. The van der Waals surface area contributed by atoms with Crippen molar-refractivity contribution < 1.29 is 9.59 Å². The van der Waals surface area contributed by atoms with Gasteiger partial charge in [0.1, 0.15) is 8.07 Å². The Morgan fingerprint density at radius 1 is 0.840 bits per heavy atom. The molecule has 1 heterocycles. The van der Waals surface area contributed by atoms with Crippen molar-refractivity contribution in [2.75, 3.05) is 32.9 Å². The number of aliphatic hydroxyl groups is 1. The van der Waals surface area contributed by atoms with E-state index in [0.717, 1.165) is 6.04 Å². The first kappa shape index (κ1) is 18.4. The van der Waals surface area contributed by atoms with Crippen molar-refractivity contribution in [3.05, 3.63) is 60.7 Å². The predicted octanol–water partition coefficient (Wildman–Crippen LogP) is 2.80. The monoisotopic (exact) mass is 354 g/mol. The summed E-state index contributed by atoms with van der Waals surface area (Å²) in [6, 6.07) is 22.7. The lowest BCUT2D eigenvalue weighted by Gasteiger charge is -2.39. The van der Waals surface area contributed by atoms with Crippen LogP contribution in [0.2, 0.25) is 6.04 Å². The highest BCUT2D eigenvalue weighted by Gasteiger charge is 2.37. The molecule has 3 rings (SSSR count). The molecule has 25 heavy (non-hydrogen) atoms. The van der Waals surface area contributed by atoms with Gasteiger partial charge in [0, 0.05) is 6.23 Å². The summed E-state index contributed by atoms with van der Waals surface area (Å²) in [5, 5.41) is 13.3. The van der Waals surface area contributed by atoms with Gasteiger partial charge in [0.25, 0.3) is 0 Å². The normalized spacial score (nSPS) is 17.4. The number of hydrogen-bond acceptors (Lipinski definition) is 1. The molecule has 2 aromatic rings. The fraction of sp³-hybridized carbons (Fsp3) is 0.455. The molecule has 0 aromatic heterocycles. The molecule has 0 saturated carbocycles. The summed E-state index contributed by atoms with van der Waals surface area (Å²) in [7, 11) is 0.329. The molecular formula is C22H32NOSi+. The van der Waals surface area contributed by atoms with E-state index in [0.29, 0.717) is 6.23 Å². The third-order valence-electron chi connectivity index (χ3n) is 6.12. The van der Waals surface area contributed by atoms with Crippen LogP contribution < -0.4 is 10.4 Å². The van der Waals surface area contributed by atoms with Gasteiger partial charge in [-0.05, 0) is 31.7 Å². The van der Waals surface area contributed by atoms with Gasteiger partial charge in [0.05, 0.1) is 26.7 Å². The SMILES string of the molecule is C[N+]1(CCC[Si](CO)(c2ccccc2)c2ccccc2)CCCCC1. The molecule has 3 heteroatoms. The highest BCUT2D eigenvalue weighted by Crippen LogP contribution is 2.20. The van der Waals surface area contributed by atoms with Gasteiger partial charge in [-0.2, -0.15) is 0 Å². The van der Waals surface area contributed by atoms with Crippen molar-refractivity contribution in [2.24, 2.45) is 0 Å². The first-order valence-corrected chi connectivity index (χ1v) is 12.2. The summed E-state index contributed by atoms with van der Waals surface area (Å²) in [6.07, 6.45) is 5.64. The van der Waals surface area contributed by atoms with Gasteiger partial charge in [-0.25, -0.2) is 0 Å². The molecule has 1 N–H and O–H groups in total. The average Bonchev–Trinajstić information content (AvgIpc) is 2.67. The number of likely N-dealkylation sites (tertiary alicyclic amines) is 1. The molecule has 1 aliphatic heterocycles. The van der Waals surface area contributed by atoms with Gasteiger partial charge in [-0.1, -0.05) is 71.0 Å². The fourth-order valence-electron chi connectivity index (χ4n) is 4.49. The van der Waals surface area contributed by atoms with E-state index in [1.807, 2.05) is 0 Å². The van der Waals surface area contributed by atoms with Gasteiger partial charge < -0.3 is 9.59 Å². The molecule has 0 radical (unpaired) electrons. The van der Waals surface area contributed by atoms with E-state index in [-0.39, 0.29) is 0 Å². The zero-order chi connectivity index (χ0) is 17.6. The van der Waals surface area contributed by atoms with Gasteiger partial charge >= 0.3 is 0 Å². The highest BCUT2D eigenvalue weighted by atomic mass is 28.3. The van der Waals surface area contributed by atoms with Crippen LogP contribution in [-0.2, 0) is 0 Å². The fourth-order valence-corrected chi connectivity index (χ4v) is 8.35. The van der Waals surface area contributed by atoms with E-state index in [4.69, 9.17) is 0 Å². The van der Waals surface area contributed by atoms with Crippen LogP contribution in [0.15, 0.2) is 60.7 Å². The summed E-state index contributed by atoms with van der Waals surface area (Å²) in [5.41, 5.74) is 0. The largest absolute Gasteiger partial charge is 0.399 e. The number of nitrogens with zero attached hydrogens (tertiary/aromatic N) is 1. The smallest absolute Gasteiger partial charge is 0.144 e. The van der Waals surface area contributed by atoms with Crippen LogP contribution in [0.5, 0.6) is 0 Å². The van der Waals surface area contributed by atoms with Crippen molar-refractivity contribution in [1.82, 2.24) is 0 Å². The molecule has 0 amide bonds. The van der Waals surface area contributed by atoms with Gasteiger partial charge in [-0.15, -0.1) is 0 Å². The Hall–Kier alpha value is -1.42. The van der Waals surface area contributed by atoms with Crippen molar-refractivity contribution in [3.8, 4) is 0 Å². The number of rotatable bonds is 7. The minimum atomic E-state index is -2.09. The molecule has 0 unspecified atom stereocenters. The van der Waals surface area contributed by atoms with Crippen LogP contribution in [0.3, 0.4) is 0 Å². The zero-order valence-electron chi connectivity index (χ0n) is 15.5. The first-order valence-electron chi connectivity index (χ1n) is 9.74. The average molecular weight is 355 g/mol. The van der Waals surface area contributed by atoms with Crippen LogP contribution in [0, 0.1) is 0 Å². The standard InChI is InChI=1S/C22H32NOSi/c1-23(16-9-4-10-17-23)18-11-19-25(20-24,21-12-5-2-6-13-21)22-14-7-3-8-15-22/h2-3,5-8,12-15,24H,4,9-11,16-20H2,1H3/q+1. The molecule has 1 saturated heterocycles. The summed E-state index contributed by atoms with van der Waals surface area (Å²) < 4.78 is 1.22. The minimum Gasteiger partial charge on any atom is -0.399 e. The molecule has 1 aliphatic rings. The number of aliphatic hydroxyl groups excluding tert-OH is 1. The van der Waals surface area contributed by atoms with Crippen LogP contribution in [0.1, 0.15) is 25.7 Å². The van der Waals surface area contributed by atoms with Crippen molar-refractivity contribution in [2.45, 2.75) is 31.7 Å². The molecule has 2 nitrogen and oxygen atoms in total. The Morgan fingerprint density at radius 2 is 1.36 bits per heavy atom. The van der Waals surface area contributed by atoms with Crippen molar-refractivity contribution >= 4 is 18.4 Å². The molecule has 134 valence electrons. The van der Waals surface area contributed by atoms with E-state index in [1.165, 1.54) is 60.2 Å². The van der Waals surface area contributed by atoms with Gasteiger partial charge in [-0.3, -0.25) is 0 Å². The summed E-state index contributed by atoms with van der Waals surface area (Å²) in [6.45, 7) is 3.89. The van der Waals surface area contributed by atoms with E-state index >= 15 is 0 Å². The minimum absolute atomic E-state index is 0.296. The first-order chi connectivity index (χ1) is 12.2. The van der Waals surface area contributed by atoms with Gasteiger partial charge in [0.15, 0.2) is 0 Å². The Morgan fingerprint density at radius 3 is 1.84 bits per heavy atom.